The molecule has 0 amide bonds. The molecule has 86 valence electrons. The highest BCUT2D eigenvalue weighted by Gasteiger charge is 2.15. The second-order valence-electron chi connectivity index (χ2n) is 3.27. The van der Waals surface area contributed by atoms with Crippen LogP contribution in [0.25, 0.3) is 11.1 Å². The summed E-state index contributed by atoms with van der Waals surface area (Å²) in [6.07, 6.45) is 2.93. The largest absolute Gasteiger partial charge is 0.243 e. The minimum Gasteiger partial charge on any atom is -0.243 e. The Bertz CT molecular complexity index is 637. The highest BCUT2D eigenvalue weighted by molar-refractivity contribution is 6.31. The lowest BCUT2D eigenvalue weighted by atomic mass is 9.99. The van der Waals surface area contributed by atoms with Crippen molar-refractivity contribution < 1.29 is 0 Å². The van der Waals surface area contributed by atoms with E-state index in [1.165, 1.54) is 12.4 Å². The predicted octanol–water partition coefficient (Wildman–Crippen LogP) is 3.19. The number of pyridine rings is 2. The van der Waals surface area contributed by atoms with Crippen LogP contribution in [-0.2, 0) is 0 Å². The van der Waals surface area contributed by atoms with Gasteiger partial charge in [0.1, 0.15) is 22.4 Å². The third kappa shape index (κ3) is 2.00. The van der Waals surface area contributed by atoms with Crippen molar-refractivity contribution in [3.05, 3.63) is 46.0 Å². The van der Waals surface area contributed by atoms with Crippen molar-refractivity contribution >= 4 is 23.2 Å². The maximum absolute atomic E-state index is 9.09. The monoisotopic (exact) mass is 274 g/mol. The Balaban J connectivity index is 2.80. The smallest absolute Gasteiger partial charge is 0.147 e. The first-order valence-corrected chi connectivity index (χ1v) is 5.54. The van der Waals surface area contributed by atoms with Gasteiger partial charge in [0.05, 0.1) is 11.1 Å². The summed E-state index contributed by atoms with van der Waals surface area (Å²) in [5.41, 5.74) is 1.44. The van der Waals surface area contributed by atoms with Gasteiger partial charge < -0.3 is 0 Å². The zero-order chi connectivity index (χ0) is 13.1. The maximum atomic E-state index is 9.09. The average molecular weight is 275 g/mol. The van der Waals surface area contributed by atoms with E-state index in [0.717, 1.165) is 0 Å². The van der Waals surface area contributed by atoms with Gasteiger partial charge >= 0.3 is 0 Å². The quantitative estimate of drug-likeness (QED) is 0.749. The van der Waals surface area contributed by atoms with Gasteiger partial charge in [-0.2, -0.15) is 10.5 Å². The molecule has 2 rings (SSSR count). The van der Waals surface area contributed by atoms with E-state index in [1.807, 2.05) is 12.1 Å². The summed E-state index contributed by atoms with van der Waals surface area (Å²) < 4.78 is 0. The fourth-order valence-corrected chi connectivity index (χ4v) is 1.93. The van der Waals surface area contributed by atoms with Crippen LogP contribution in [0.3, 0.4) is 0 Å². The van der Waals surface area contributed by atoms with Crippen LogP contribution in [0.2, 0.25) is 10.3 Å². The second-order valence-corrected chi connectivity index (χ2v) is 3.99. The molecule has 2 aromatic heterocycles. The first-order chi connectivity index (χ1) is 8.69. The SMILES string of the molecule is N#Cc1c(-c2ccnc(Cl)c2C#N)ccnc1Cl. The third-order valence-corrected chi connectivity index (χ3v) is 2.90. The summed E-state index contributed by atoms with van der Waals surface area (Å²) in [6.45, 7) is 0. The highest BCUT2D eigenvalue weighted by Crippen LogP contribution is 2.31. The lowest BCUT2D eigenvalue weighted by Crippen LogP contribution is -1.93. The molecule has 0 saturated heterocycles. The standard InChI is InChI=1S/C12H4Cl2N4/c13-11-9(5-15)7(1-3-17-11)8-2-4-18-12(14)10(8)6-16/h1-4H. The molecule has 0 fully saturated rings. The molecule has 0 spiro atoms. The van der Waals surface area contributed by atoms with Crippen LogP contribution in [0.15, 0.2) is 24.5 Å². The van der Waals surface area contributed by atoms with E-state index in [4.69, 9.17) is 33.7 Å². The van der Waals surface area contributed by atoms with Gasteiger partial charge in [0.25, 0.3) is 0 Å². The molecular formula is C12H4Cl2N4. The van der Waals surface area contributed by atoms with Crippen molar-refractivity contribution in [3.8, 4) is 23.3 Å². The van der Waals surface area contributed by atoms with Gasteiger partial charge in [0, 0.05) is 23.5 Å². The molecule has 0 aliphatic rings. The Morgan fingerprint density at radius 3 is 1.56 bits per heavy atom. The number of aromatic nitrogens is 2. The van der Waals surface area contributed by atoms with Gasteiger partial charge in [-0.15, -0.1) is 0 Å². The summed E-state index contributed by atoms with van der Waals surface area (Å²) in [4.78, 5) is 7.65. The fraction of sp³-hybridized carbons (Fsp3) is 0. The van der Waals surface area contributed by atoms with Crippen LogP contribution >= 0.6 is 23.2 Å². The molecule has 0 unspecified atom stereocenters. The first kappa shape index (κ1) is 12.3. The van der Waals surface area contributed by atoms with E-state index in [1.54, 1.807) is 12.1 Å². The summed E-state index contributed by atoms with van der Waals surface area (Å²) in [5.74, 6) is 0. The van der Waals surface area contributed by atoms with Crippen molar-refractivity contribution in [3.63, 3.8) is 0 Å². The predicted molar refractivity (Wildman–Crippen MR) is 66.9 cm³/mol. The summed E-state index contributed by atoms with van der Waals surface area (Å²) in [6, 6.07) is 7.15. The molecular weight excluding hydrogens is 271 g/mol. The van der Waals surface area contributed by atoms with E-state index < -0.39 is 0 Å². The Hall–Kier alpha value is -2.14. The van der Waals surface area contributed by atoms with E-state index in [2.05, 4.69) is 9.97 Å². The molecule has 0 aliphatic heterocycles. The zero-order valence-electron chi connectivity index (χ0n) is 8.85. The summed E-state index contributed by atoms with van der Waals surface area (Å²) >= 11 is 11.7. The van der Waals surface area contributed by atoms with Gasteiger partial charge in [-0.05, 0) is 12.1 Å². The Labute approximate surface area is 113 Å². The van der Waals surface area contributed by atoms with Crippen molar-refractivity contribution in [2.75, 3.05) is 0 Å². The number of hydrogen-bond acceptors (Lipinski definition) is 4. The molecule has 2 aromatic rings. The van der Waals surface area contributed by atoms with E-state index in [-0.39, 0.29) is 21.4 Å². The topological polar surface area (TPSA) is 73.4 Å². The van der Waals surface area contributed by atoms with Crippen LogP contribution in [0.4, 0.5) is 0 Å². The Kier molecular flexibility index (Phi) is 3.43. The van der Waals surface area contributed by atoms with Crippen molar-refractivity contribution in [2.45, 2.75) is 0 Å². The second kappa shape index (κ2) is 5.01. The fourth-order valence-electron chi connectivity index (χ4n) is 1.53. The number of rotatable bonds is 1. The molecule has 4 nitrogen and oxygen atoms in total. The van der Waals surface area contributed by atoms with Gasteiger partial charge in [-0.25, -0.2) is 9.97 Å². The zero-order valence-corrected chi connectivity index (χ0v) is 10.4. The number of hydrogen-bond donors (Lipinski definition) is 0. The van der Waals surface area contributed by atoms with Crippen LogP contribution in [0, 0.1) is 22.7 Å². The van der Waals surface area contributed by atoms with Crippen molar-refractivity contribution in [2.24, 2.45) is 0 Å². The Morgan fingerprint density at radius 1 is 0.833 bits per heavy atom. The molecule has 0 saturated carbocycles. The molecule has 0 bridgehead atoms. The lowest BCUT2D eigenvalue weighted by Gasteiger charge is -2.07. The van der Waals surface area contributed by atoms with Crippen molar-refractivity contribution in [1.29, 1.82) is 10.5 Å². The third-order valence-electron chi connectivity index (χ3n) is 2.32. The summed E-state index contributed by atoms with van der Waals surface area (Å²) in [5, 5.41) is 18.4. The highest BCUT2D eigenvalue weighted by atomic mass is 35.5. The van der Waals surface area contributed by atoms with Gasteiger partial charge in [-0.1, -0.05) is 23.2 Å². The molecule has 0 atom stereocenters. The van der Waals surface area contributed by atoms with Gasteiger partial charge in [0.2, 0.25) is 0 Å². The molecule has 0 aromatic carbocycles. The first-order valence-electron chi connectivity index (χ1n) is 4.78. The van der Waals surface area contributed by atoms with E-state index in [0.29, 0.717) is 11.1 Å². The molecule has 0 aliphatic carbocycles. The van der Waals surface area contributed by atoms with E-state index in [9.17, 15) is 0 Å². The molecule has 6 heteroatoms. The van der Waals surface area contributed by atoms with Gasteiger partial charge in [0.15, 0.2) is 0 Å². The van der Waals surface area contributed by atoms with Crippen LogP contribution < -0.4 is 0 Å². The maximum Gasteiger partial charge on any atom is 0.147 e. The normalized spacial score (nSPS) is 9.56. The number of nitriles is 2. The number of halogens is 2. The van der Waals surface area contributed by atoms with Crippen LogP contribution in [0.1, 0.15) is 11.1 Å². The van der Waals surface area contributed by atoms with Crippen LogP contribution in [0.5, 0.6) is 0 Å². The average Bonchev–Trinajstić information content (AvgIpc) is 2.38. The van der Waals surface area contributed by atoms with E-state index >= 15 is 0 Å². The Morgan fingerprint density at radius 2 is 1.22 bits per heavy atom. The van der Waals surface area contributed by atoms with Gasteiger partial charge in [-0.3, -0.25) is 0 Å². The molecule has 2 heterocycles. The van der Waals surface area contributed by atoms with Crippen LogP contribution in [-0.4, -0.2) is 9.97 Å². The minimum atomic E-state index is 0.0897. The molecule has 18 heavy (non-hydrogen) atoms. The minimum absolute atomic E-state index is 0.0897. The lowest BCUT2D eigenvalue weighted by molar-refractivity contribution is 1.28. The van der Waals surface area contributed by atoms with Crippen molar-refractivity contribution in [1.82, 2.24) is 9.97 Å². The molecule has 0 N–H and O–H groups in total. The molecule has 0 radical (unpaired) electrons. The number of nitrogens with zero attached hydrogens (tertiary/aromatic N) is 4. The summed E-state index contributed by atoms with van der Waals surface area (Å²) in [7, 11) is 0.